The number of Topliss-reactive ketones (excluding diaryl/α,β-unsaturated/α-hetero) is 1. The number of hydrogen-bond donors (Lipinski definition) is 1. The molecule has 0 amide bonds. The number of aliphatic hydroxyl groups is 1. The average molecular weight is 490 g/mol. The summed E-state index contributed by atoms with van der Waals surface area (Å²) in [5, 5.41) is 14.3. The van der Waals surface area contributed by atoms with E-state index in [-0.39, 0.29) is 12.2 Å². The molecule has 1 aliphatic heterocycles. The van der Waals surface area contributed by atoms with Gasteiger partial charge in [-0.3, -0.25) is 4.79 Å². The fourth-order valence-corrected chi connectivity index (χ4v) is 5.21. The number of benzene rings is 2. The standard InChI is InChI=1S/C27H24ClN3O2S/c28-22-9-7-20(8-10-22)26-30-23(18-34-26)24(32)16-19-6-11-25(29-17-19)31-14-12-27(33,13-15-31)21-4-2-1-3-5-21/h1-11,17-18,33H,12-16H2. The van der Waals surface area contributed by atoms with E-state index >= 15 is 0 Å². The summed E-state index contributed by atoms with van der Waals surface area (Å²) < 4.78 is 0. The zero-order chi connectivity index (χ0) is 23.5. The number of hydrogen-bond acceptors (Lipinski definition) is 6. The van der Waals surface area contributed by atoms with Crippen molar-refractivity contribution in [3.63, 3.8) is 0 Å². The maximum Gasteiger partial charge on any atom is 0.186 e. The molecule has 0 spiro atoms. The highest BCUT2D eigenvalue weighted by Gasteiger charge is 2.34. The van der Waals surface area contributed by atoms with Gasteiger partial charge in [-0.2, -0.15) is 0 Å². The van der Waals surface area contributed by atoms with Crippen LogP contribution in [0.2, 0.25) is 5.02 Å². The van der Waals surface area contributed by atoms with Gasteiger partial charge in [-0.1, -0.05) is 60.1 Å². The fraction of sp³-hybridized carbons (Fsp3) is 0.222. The normalized spacial score (nSPS) is 15.3. The van der Waals surface area contributed by atoms with Crippen LogP contribution >= 0.6 is 22.9 Å². The Balaban J connectivity index is 1.20. The van der Waals surface area contributed by atoms with Gasteiger partial charge in [0.2, 0.25) is 0 Å². The molecule has 0 unspecified atom stereocenters. The number of carbonyl (C=O) groups is 1. The number of pyridine rings is 1. The van der Waals surface area contributed by atoms with E-state index in [2.05, 4.69) is 14.9 Å². The van der Waals surface area contributed by atoms with E-state index in [1.807, 2.05) is 66.7 Å². The lowest BCUT2D eigenvalue weighted by atomic mass is 9.84. The summed E-state index contributed by atoms with van der Waals surface area (Å²) >= 11 is 7.40. The van der Waals surface area contributed by atoms with Gasteiger partial charge in [0.25, 0.3) is 0 Å². The van der Waals surface area contributed by atoms with Crippen LogP contribution in [0, 0.1) is 0 Å². The van der Waals surface area contributed by atoms with Gasteiger partial charge >= 0.3 is 0 Å². The van der Waals surface area contributed by atoms with Gasteiger partial charge in [0.05, 0.1) is 5.60 Å². The van der Waals surface area contributed by atoms with Gasteiger partial charge in [-0.05, 0) is 42.2 Å². The summed E-state index contributed by atoms with van der Waals surface area (Å²) in [5.41, 5.74) is 2.45. The number of halogens is 1. The second-order valence-electron chi connectivity index (χ2n) is 8.55. The highest BCUT2D eigenvalue weighted by Crippen LogP contribution is 2.34. The van der Waals surface area contributed by atoms with Gasteiger partial charge in [0.1, 0.15) is 16.5 Å². The number of thiazole rings is 1. The average Bonchev–Trinajstić information content (AvgIpc) is 3.37. The number of anilines is 1. The lowest BCUT2D eigenvalue weighted by Crippen LogP contribution is -2.42. The molecule has 7 heteroatoms. The van der Waals surface area contributed by atoms with Crippen LogP contribution in [-0.4, -0.2) is 33.9 Å². The molecule has 1 saturated heterocycles. The van der Waals surface area contributed by atoms with Crippen molar-refractivity contribution in [2.24, 2.45) is 0 Å². The van der Waals surface area contributed by atoms with Crippen LogP contribution < -0.4 is 4.90 Å². The van der Waals surface area contributed by atoms with Crippen molar-refractivity contribution in [1.29, 1.82) is 0 Å². The monoisotopic (exact) mass is 489 g/mol. The third kappa shape index (κ3) is 4.89. The number of carbonyl (C=O) groups excluding carboxylic acids is 1. The lowest BCUT2D eigenvalue weighted by molar-refractivity contribution is 0.0116. The fourth-order valence-electron chi connectivity index (χ4n) is 4.25. The van der Waals surface area contributed by atoms with Crippen LogP contribution in [0.3, 0.4) is 0 Å². The number of nitrogens with zero attached hydrogens (tertiary/aromatic N) is 3. The zero-order valence-electron chi connectivity index (χ0n) is 18.5. The highest BCUT2D eigenvalue weighted by atomic mass is 35.5. The largest absolute Gasteiger partial charge is 0.385 e. The SMILES string of the molecule is O=C(Cc1ccc(N2CCC(O)(c3ccccc3)CC2)nc1)c1csc(-c2ccc(Cl)cc2)n1. The molecular formula is C27H24ClN3O2S. The molecule has 5 rings (SSSR count). The third-order valence-electron chi connectivity index (χ3n) is 6.28. The van der Waals surface area contributed by atoms with Crippen molar-refractivity contribution in [1.82, 2.24) is 9.97 Å². The first kappa shape index (κ1) is 22.7. The third-order valence-corrected chi connectivity index (χ3v) is 7.42. The first-order valence-electron chi connectivity index (χ1n) is 11.2. The minimum absolute atomic E-state index is 0.0306. The zero-order valence-corrected chi connectivity index (χ0v) is 20.1. The van der Waals surface area contributed by atoms with E-state index in [9.17, 15) is 9.90 Å². The molecule has 1 fully saturated rings. The van der Waals surface area contributed by atoms with Crippen molar-refractivity contribution in [3.05, 3.63) is 100 Å². The van der Waals surface area contributed by atoms with Crippen LogP contribution in [0.15, 0.2) is 78.3 Å². The molecule has 2 aromatic carbocycles. The molecule has 2 aromatic heterocycles. The van der Waals surface area contributed by atoms with Crippen molar-refractivity contribution in [2.75, 3.05) is 18.0 Å². The quantitative estimate of drug-likeness (QED) is 0.348. The minimum Gasteiger partial charge on any atom is -0.385 e. The van der Waals surface area contributed by atoms with Gasteiger partial charge in [0.15, 0.2) is 5.78 Å². The summed E-state index contributed by atoms with van der Waals surface area (Å²) in [4.78, 5) is 24.0. The van der Waals surface area contributed by atoms with Gasteiger partial charge in [0, 0.05) is 41.7 Å². The van der Waals surface area contributed by atoms with Crippen LogP contribution in [0.4, 0.5) is 5.82 Å². The van der Waals surface area contributed by atoms with Crippen molar-refractivity contribution < 1.29 is 9.90 Å². The molecule has 4 aromatic rings. The Labute approximate surface area is 207 Å². The Hall–Kier alpha value is -3.06. The van der Waals surface area contributed by atoms with E-state index in [4.69, 9.17) is 11.6 Å². The highest BCUT2D eigenvalue weighted by molar-refractivity contribution is 7.13. The van der Waals surface area contributed by atoms with E-state index in [1.165, 1.54) is 11.3 Å². The first-order valence-corrected chi connectivity index (χ1v) is 12.5. The van der Waals surface area contributed by atoms with E-state index in [0.29, 0.717) is 23.6 Å². The lowest BCUT2D eigenvalue weighted by Gasteiger charge is -2.39. The summed E-state index contributed by atoms with van der Waals surface area (Å²) in [6, 6.07) is 21.2. The summed E-state index contributed by atoms with van der Waals surface area (Å²) in [6.07, 6.45) is 3.32. The molecule has 0 saturated carbocycles. The molecule has 3 heterocycles. The van der Waals surface area contributed by atoms with Crippen LogP contribution in [0.5, 0.6) is 0 Å². The van der Waals surface area contributed by atoms with Crippen molar-refractivity contribution in [2.45, 2.75) is 24.9 Å². The van der Waals surface area contributed by atoms with Crippen LogP contribution in [-0.2, 0) is 12.0 Å². The molecule has 0 bridgehead atoms. The molecule has 1 N–H and O–H groups in total. The molecule has 0 aliphatic carbocycles. The Kier molecular flexibility index (Phi) is 6.46. The molecule has 0 atom stereocenters. The molecular weight excluding hydrogens is 466 g/mol. The van der Waals surface area contributed by atoms with Crippen molar-refractivity contribution in [3.8, 4) is 10.6 Å². The Bertz CT molecular complexity index is 1270. The molecule has 1 aliphatic rings. The van der Waals surface area contributed by atoms with E-state index < -0.39 is 5.60 Å². The Morgan fingerprint density at radius 1 is 1.03 bits per heavy atom. The maximum absolute atomic E-state index is 12.8. The number of rotatable bonds is 6. The second-order valence-corrected chi connectivity index (χ2v) is 9.85. The second kappa shape index (κ2) is 9.66. The number of ketones is 1. The smallest absolute Gasteiger partial charge is 0.186 e. The van der Waals surface area contributed by atoms with Gasteiger partial charge in [-0.15, -0.1) is 11.3 Å². The number of piperidine rings is 1. The van der Waals surface area contributed by atoms with Gasteiger partial charge in [-0.25, -0.2) is 9.97 Å². The van der Waals surface area contributed by atoms with Crippen LogP contribution in [0.1, 0.15) is 34.5 Å². The van der Waals surface area contributed by atoms with E-state index in [0.717, 1.165) is 40.6 Å². The minimum atomic E-state index is -0.789. The Morgan fingerprint density at radius 3 is 2.44 bits per heavy atom. The first-order chi connectivity index (χ1) is 16.5. The predicted molar refractivity (Wildman–Crippen MR) is 137 cm³/mol. The van der Waals surface area contributed by atoms with E-state index in [1.54, 1.807) is 11.6 Å². The molecule has 5 nitrogen and oxygen atoms in total. The van der Waals surface area contributed by atoms with Crippen LogP contribution in [0.25, 0.3) is 10.6 Å². The summed E-state index contributed by atoms with van der Waals surface area (Å²) in [5.74, 6) is 0.835. The Morgan fingerprint density at radius 2 is 1.76 bits per heavy atom. The topological polar surface area (TPSA) is 66.3 Å². The summed E-state index contributed by atoms with van der Waals surface area (Å²) in [7, 11) is 0. The maximum atomic E-state index is 12.8. The molecule has 172 valence electrons. The van der Waals surface area contributed by atoms with Gasteiger partial charge < -0.3 is 10.0 Å². The summed E-state index contributed by atoms with van der Waals surface area (Å²) in [6.45, 7) is 1.45. The molecule has 34 heavy (non-hydrogen) atoms. The predicted octanol–water partition coefficient (Wildman–Crippen LogP) is 5.77. The molecule has 0 radical (unpaired) electrons. The number of aromatic nitrogens is 2. The van der Waals surface area contributed by atoms with Crippen molar-refractivity contribution >= 4 is 34.5 Å².